The lowest BCUT2D eigenvalue weighted by atomic mass is 10.0. The van der Waals surface area contributed by atoms with E-state index in [1.54, 1.807) is 0 Å². The number of anilines is 2. The Balaban J connectivity index is 2.57. The van der Waals surface area contributed by atoms with Crippen molar-refractivity contribution in [1.29, 1.82) is 0 Å². The van der Waals surface area contributed by atoms with Gasteiger partial charge in [0.25, 0.3) is 5.91 Å². The minimum Gasteiger partial charge on any atom is -0.390 e. The Morgan fingerprint density at radius 3 is 2.93 bits per heavy atom. The molecule has 0 radical (unpaired) electrons. The third-order valence-corrected chi connectivity index (χ3v) is 3.70. The summed E-state index contributed by atoms with van der Waals surface area (Å²) in [6, 6.07) is 0. The predicted molar refractivity (Wildman–Crippen MR) is 58.8 cm³/mol. The van der Waals surface area contributed by atoms with Crippen LogP contribution < -0.4 is 16.4 Å². The molecule has 1 amide bonds. The fourth-order valence-corrected chi connectivity index (χ4v) is 2.99. The van der Waals surface area contributed by atoms with Crippen molar-refractivity contribution in [1.82, 2.24) is 0 Å². The summed E-state index contributed by atoms with van der Waals surface area (Å²) in [6.45, 7) is 1.02. The molecule has 14 heavy (non-hydrogen) atoms. The number of thiophene rings is 1. The van der Waals surface area contributed by atoms with Crippen LogP contribution in [0.25, 0.3) is 0 Å². The van der Waals surface area contributed by atoms with Gasteiger partial charge in [0, 0.05) is 19.2 Å². The highest BCUT2D eigenvalue weighted by Crippen LogP contribution is 2.40. The van der Waals surface area contributed by atoms with Crippen molar-refractivity contribution in [3.05, 3.63) is 11.1 Å². The highest BCUT2D eigenvalue weighted by molar-refractivity contribution is 7.20. The van der Waals surface area contributed by atoms with Crippen LogP contribution in [0, 0.1) is 0 Å². The zero-order valence-electron chi connectivity index (χ0n) is 8.04. The maximum atomic E-state index is 11.2. The third-order valence-electron chi connectivity index (χ3n) is 2.53. The first kappa shape index (κ1) is 9.33. The molecule has 1 aliphatic rings. The number of nitrogen functional groups attached to an aromatic ring is 1. The molecule has 0 spiro atoms. The number of carbonyl (C=O) groups excluding carboxylic acids is 1. The van der Waals surface area contributed by atoms with Crippen LogP contribution in [0.15, 0.2) is 0 Å². The van der Waals surface area contributed by atoms with E-state index in [-0.39, 0.29) is 0 Å². The number of amides is 1. The lowest BCUT2D eigenvalue weighted by molar-refractivity contribution is 0.100. The fraction of sp³-hybridized carbons (Fsp3) is 0.444. The molecule has 0 aromatic carbocycles. The molecule has 0 fully saturated rings. The molecule has 0 aliphatic carbocycles. The Bertz CT molecular complexity index is 386. The Hall–Kier alpha value is -1.23. The summed E-state index contributed by atoms with van der Waals surface area (Å²) in [6.07, 6.45) is 1.96. The maximum Gasteiger partial charge on any atom is 0.252 e. The second-order valence-corrected chi connectivity index (χ2v) is 4.55. The molecule has 4 N–H and O–H groups in total. The molecule has 4 nitrogen and oxygen atoms in total. The lowest BCUT2D eigenvalue weighted by Crippen LogP contribution is -2.24. The largest absolute Gasteiger partial charge is 0.390 e. The highest BCUT2D eigenvalue weighted by atomic mass is 32.1. The Kier molecular flexibility index (Phi) is 2.11. The van der Waals surface area contributed by atoms with E-state index in [9.17, 15) is 4.79 Å². The van der Waals surface area contributed by atoms with Crippen LogP contribution in [0.3, 0.4) is 0 Å². The third kappa shape index (κ3) is 1.24. The number of primary amides is 1. The fourth-order valence-electron chi connectivity index (χ4n) is 1.88. The van der Waals surface area contributed by atoms with Crippen molar-refractivity contribution in [3.8, 4) is 0 Å². The van der Waals surface area contributed by atoms with Crippen molar-refractivity contribution in [2.75, 3.05) is 24.2 Å². The first-order valence-electron chi connectivity index (χ1n) is 4.53. The summed E-state index contributed by atoms with van der Waals surface area (Å²) in [5.74, 6) is -0.407. The van der Waals surface area contributed by atoms with Crippen LogP contribution in [0.5, 0.6) is 0 Å². The van der Waals surface area contributed by atoms with Gasteiger partial charge < -0.3 is 16.4 Å². The van der Waals surface area contributed by atoms with E-state index in [1.807, 2.05) is 7.05 Å². The Labute approximate surface area is 86.5 Å². The Morgan fingerprint density at radius 1 is 1.57 bits per heavy atom. The van der Waals surface area contributed by atoms with E-state index in [4.69, 9.17) is 11.5 Å². The zero-order valence-corrected chi connectivity index (χ0v) is 8.86. The van der Waals surface area contributed by atoms with Crippen LogP contribution in [-0.4, -0.2) is 19.5 Å². The van der Waals surface area contributed by atoms with Crippen molar-refractivity contribution in [2.45, 2.75) is 12.8 Å². The maximum absolute atomic E-state index is 11.2. The van der Waals surface area contributed by atoms with Gasteiger partial charge in [-0.15, -0.1) is 11.3 Å². The number of hydrogen-bond acceptors (Lipinski definition) is 4. The van der Waals surface area contributed by atoms with Gasteiger partial charge in [-0.05, 0) is 12.8 Å². The van der Waals surface area contributed by atoms with Gasteiger partial charge in [-0.2, -0.15) is 0 Å². The molecule has 1 aliphatic heterocycles. The minimum absolute atomic E-state index is 0.407. The van der Waals surface area contributed by atoms with Crippen molar-refractivity contribution in [3.63, 3.8) is 0 Å². The molecule has 1 aromatic heterocycles. The second kappa shape index (κ2) is 3.16. The van der Waals surface area contributed by atoms with Crippen molar-refractivity contribution < 1.29 is 4.79 Å². The van der Waals surface area contributed by atoms with Crippen molar-refractivity contribution >= 4 is 27.2 Å². The van der Waals surface area contributed by atoms with Gasteiger partial charge in [-0.1, -0.05) is 0 Å². The Morgan fingerprint density at radius 2 is 2.29 bits per heavy atom. The smallest absolute Gasteiger partial charge is 0.252 e. The summed E-state index contributed by atoms with van der Waals surface area (Å²) in [7, 11) is 2.01. The normalized spacial score (nSPS) is 15.4. The van der Waals surface area contributed by atoms with Gasteiger partial charge in [-0.3, -0.25) is 4.79 Å². The summed E-state index contributed by atoms with van der Waals surface area (Å²) in [5, 5.41) is 1.65. The van der Waals surface area contributed by atoms with Gasteiger partial charge in [-0.25, -0.2) is 0 Å². The molecular formula is C9H13N3OS. The number of hydrogen-bond donors (Lipinski definition) is 2. The molecule has 0 saturated heterocycles. The van der Waals surface area contributed by atoms with E-state index >= 15 is 0 Å². The van der Waals surface area contributed by atoms with E-state index in [2.05, 4.69) is 4.90 Å². The zero-order chi connectivity index (χ0) is 10.3. The topological polar surface area (TPSA) is 72.3 Å². The number of carbonyl (C=O) groups is 1. The number of nitrogens with two attached hydrogens (primary N) is 2. The molecule has 5 heteroatoms. The average molecular weight is 211 g/mol. The molecule has 0 atom stereocenters. The summed E-state index contributed by atoms with van der Waals surface area (Å²) in [4.78, 5) is 13.3. The number of nitrogens with zero attached hydrogens (tertiary/aromatic N) is 1. The second-order valence-electron chi connectivity index (χ2n) is 3.51. The molecule has 76 valence electrons. The molecule has 1 aromatic rings. The monoisotopic (exact) mass is 211 g/mol. The van der Waals surface area contributed by atoms with Crippen LogP contribution >= 0.6 is 11.3 Å². The van der Waals surface area contributed by atoms with E-state index < -0.39 is 5.91 Å². The quantitative estimate of drug-likeness (QED) is 0.722. The molecule has 0 saturated carbocycles. The average Bonchev–Trinajstić information content (AvgIpc) is 2.42. The van der Waals surface area contributed by atoms with Crippen LogP contribution in [0.4, 0.5) is 10.0 Å². The van der Waals surface area contributed by atoms with Crippen LogP contribution in [0.1, 0.15) is 22.3 Å². The lowest BCUT2D eigenvalue weighted by Gasteiger charge is -2.24. The molecule has 0 unspecified atom stereocenters. The molecule has 2 rings (SSSR count). The van der Waals surface area contributed by atoms with E-state index in [1.165, 1.54) is 11.3 Å². The predicted octanol–water partition coefficient (Wildman–Crippen LogP) is 0.812. The number of fused-ring (bicyclic) bond motifs is 1. The van der Waals surface area contributed by atoms with E-state index in [0.717, 1.165) is 30.0 Å². The van der Waals surface area contributed by atoms with Gasteiger partial charge in [0.15, 0.2) is 0 Å². The van der Waals surface area contributed by atoms with Crippen molar-refractivity contribution in [2.24, 2.45) is 5.73 Å². The first-order valence-corrected chi connectivity index (χ1v) is 5.35. The minimum atomic E-state index is -0.407. The van der Waals surface area contributed by atoms with Crippen LogP contribution in [-0.2, 0) is 6.42 Å². The van der Waals surface area contributed by atoms with E-state index in [0.29, 0.717) is 10.6 Å². The van der Waals surface area contributed by atoms with Crippen LogP contribution in [0.2, 0.25) is 0 Å². The van der Waals surface area contributed by atoms with Gasteiger partial charge in [0.05, 0.1) is 10.6 Å². The van der Waals surface area contributed by atoms with Gasteiger partial charge >= 0.3 is 0 Å². The molecule has 2 heterocycles. The summed E-state index contributed by atoms with van der Waals surface area (Å²) < 4.78 is 0. The SMILES string of the molecule is CN1CCCc2c1sc(N)c2C(N)=O. The molecule has 0 bridgehead atoms. The standard InChI is InChI=1S/C9H13N3OS/c1-12-4-2-3-5-6(7(10)13)8(11)14-9(5)12/h2-4,11H2,1H3,(H2,10,13). The number of rotatable bonds is 1. The highest BCUT2D eigenvalue weighted by Gasteiger charge is 2.24. The first-order chi connectivity index (χ1) is 6.61. The molecular weight excluding hydrogens is 198 g/mol. The summed E-state index contributed by atoms with van der Waals surface area (Å²) in [5.41, 5.74) is 12.6. The van der Waals surface area contributed by atoms with Gasteiger partial charge in [0.1, 0.15) is 5.00 Å². The summed E-state index contributed by atoms with van der Waals surface area (Å²) >= 11 is 1.46. The van der Waals surface area contributed by atoms with Gasteiger partial charge in [0.2, 0.25) is 0 Å².